The van der Waals surface area contributed by atoms with Gasteiger partial charge < -0.3 is 9.72 Å². The SMILES string of the molecule is O=S(=O)(CN1CCCC(COc2ccc(C(F)(F)F)cc2)C1)C1CCC(c2ccnc3cnc4[nH]ccc4c23)CC1. The van der Waals surface area contributed by atoms with Gasteiger partial charge in [-0.3, -0.25) is 9.88 Å². The van der Waals surface area contributed by atoms with Crippen LogP contribution in [0.15, 0.2) is 55.0 Å². The van der Waals surface area contributed by atoms with Crippen LogP contribution in [-0.2, 0) is 16.0 Å². The van der Waals surface area contributed by atoms with Crippen molar-refractivity contribution in [2.24, 2.45) is 5.92 Å². The molecule has 0 amide bonds. The average Bonchev–Trinajstić information content (AvgIpc) is 3.45. The molecule has 1 aromatic carbocycles. The van der Waals surface area contributed by atoms with Crippen molar-refractivity contribution in [1.82, 2.24) is 19.9 Å². The number of benzene rings is 1. The molecular formula is C30H33F3N4O3S. The smallest absolute Gasteiger partial charge is 0.416 e. The van der Waals surface area contributed by atoms with Gasteiger partial charge in [0.05, 0.1) is 29.1 Å². The summed E-state index contributed by atoms with van der Waals surface area (Å²) in [5.41, 5.74) is 2.18. The van der Waals surface area contributed by atoms with Crippen LogP contribution in [0.1, 0.15) is 55.6 Å². The summed E-state index contributed by atoms with van der Waals surface area (Å²) >= 11 is 0. The molecule has 1 saturated heterocycles. The second-order valence-electron chi connectivity index (χ2n) is 11.3. The van der Waals surface area contributed by atoms with Crippen LogP contribution in [0, 0.1) is 5.92 Å². The number of rotatable bonds is 7. The molecule has 41 heavy (non-hydrogen) atoms. The van der Waals surface area contributed by atoms with Crippen LogP contribution < -0.4 is 4.74 Å². The molecule has 0 spiro atoms. The summed E-state index contributed by atoms with van der Waals surface area (Å²) in [6, 6.07) is 8.77. The maximum absolute atomic E-state index is 13.5. The zero-order chi connectivity index (χ0) is 28.6. The fourth-order valence-corrected chi connectivity index (χ4v) is 8.42. The van der Waals surface area contributed by atoms with Crippen LogP contribution >= 0.6 is 0 Å². The maximum atomic E-state index is 13.5. The lowest BCUT2D eigenvalue weighted by atomic mass is 9.82. The van der Waals surface area contributed by atoms with E-state index in [9.17, 15) is 21.6 Å². The summed E-state index contributed by atoms with van der Waals surface area (Å²) in [6.07, 6.45) is 5.73. The largest absolute Gasteiger partial charge is 0.493 e. The lowest BCUT2D eigenvalue weighted by Crippen LogP contribution is -2.43. The second-order valence-corrected chi connectivity index (χ2v) is 13.6. The highest BCUT2D eigenvalue weighted by atomic mass is 32.2. The molecule has 1 saturated carbocycles. The quantitative estimate of drug-likeness (QED) is 0.273. The first kappa shape index (κ1) is 28.0. The van der Waals surface area contributed by atoms with Crippen LogP contribution in [0.3, 0.4) is 0 Å². The molecule has 0 radical (unpaired) electrons. The van der Waals surface area contributed by atoms with Gasteiger partial charge in [-0.15, -0.1) is 0 Å². The summed E-state index contributed by atoms with van der Waals surface area (Å²) in [5, 5.41) is 1.79. The van der Waals surface area contributed by atoms with Gasteiger partial charge in [-0.05, 0) is 92.9 Å². The van der Waals surface area contributed by atoms with Crippen LogP contribution in [0.25, 0.3) is 21.9 Å². The summed E-state index contributed by atoms with van der Waals surface area (Å²) in [6.45, 7) is 1.66. The Bertz CT molecular complexity index is 1610. The number of sulfone groups is 1. The summed E-state index contributed by atoms with van der Waals surface area (Å²) in [4.78, 5) is 14.1. The van der Waals surface area contributed by atoms with E-state index in [0.29, 0.717) is 31.7 Å². The molecule has 1 unspecified atom stereocenters. The minimum atomic E-state index is -4.38. The number of alkyl halides is 3. The molecule has 2 fully saturated rings. The van der Waals surface area contributed by atoms with Gasteiger partial charge in [-0.1, -0.05) is 0 Å². The minimum Gasteiger partial charge on any atom is -0.493 e. The van der Waals surface area contributed by atoms with Crippen molar-refractivity contribution in [2.45, 2.75) is 55.9 Å². The van der Waals surface area contributed by atoms with Gasteiger partial charge in [0.2, 0.25) is 0 Å². The predicted octanol–water partition coefficient (Wildman–Crippen LogP) is 6.32. The topological polar surface area (TPSA) is 88.2 Å². The first-order valence-corrected chi connectivity index (χ1v) is 15.8. The van der Waals surface area contributed by atoms with E-state index < -0.39 is 21.6 Å². The Hall–Kier alpha value is -3.18. The number of pyridine rings is 2. The molecule has 4 aromatic rings. The van der Waals surface area contributed by atoms with E-state index in [4.69, 9.17) is 4.74 Å². The van der Waals surface area contributed by atoms with Crippen molar-refractivity contribution >= 4 is 31.8 Å². The number of halogens is 3. The first-order valence-electron chi connectivity index (χ1n) is 14.1. The number of aromatic amines is 1. The Labute approximate surface area is 237 Å². The van der Waals surface area contributed by atoms with Crippen LogP contribution in [0.2, 0.25) is 0 Å². The van der Waals surface area contributed by atoms with Gasteiger partial charge in [0.1, 0.15) is 17.3 Å². The number of H-pyrrole nitrogens is 1. The van der Waals surface area contributed by atoms with Crippen molar-refractivity contribution < 1.29 is 26.3 Å². The Morgan fingerprint density at radius 1 is 1.00 bits per heavy atom. The summed E-state index contributed by atoms with van der Waals surface area (Å²) in [5.74, 6) is 0.813. The Kier molecular flexibility index (Phi) is 7.67. The number of nitrogens with zero attached hydrogens (tertiary/aromatic N) is 3. The average molecular weight is 587 g/mol. The molecule has 1 atom stereocenters. The number of fused-ring (bicyclic) bond motifs is 3. The van der Waals surface area contributed by atoms with Crippen molar-refractivity contribution in [3.05, 3.63) is 66.1 Å². The fraction of sp³-hybridized carbons (Fsp3) is 0.467. The third-order valence-electron chi connectivity index (χ3n) is 8.58. The van der Waals surface area contributed by atoms with Gasteiger partial charge in [0.15, 0.2) is 9.84 Å². The molecule has 6 rings (SSSR count). The van der Waals surface area contributed by atoms with E-state index in [-0.39, 0.29) is 23.0 Å². The highest BCUT2D eigenvalue weighted by molar-refractivity contribution is 7.91. The number of ether oxygens (including phenoxy) is 1. The van der Waals surface area contributed by atoms with Gasteiger partial charge in [0, 0.05) is 35.6 Å². The van der Waals surface area contributed by atoms with Gasteiger partial charge >= 0.3 is 6.18 Å². The molecule has 1 N–H and O–H groups in total. The lowest BCUT2D eigenvalue weighted by molar-refractivity contribution is -0.137. The molecule has 7 nitrogen and oxygen atoms in total. The Morgan fingerprint density at radius 3 is 2.54 bits per heavy atom. The first-order chi connectivity index (χ1) is 19.7. The third-order valence-corrected chi connectivity index (χ3v) is 10.8. The molecule has 0 bridgehead atoms. The maximum Gasteiger partial charge on any atom is 0.416 e. The Balaban J connectivity index is 1.04. The van der Waals surface area contributed by atoms with Gasteiger partial charge in [-0.25, -0.2) is 13.4 Å². The van der Waals surface area contributed by atoms with E-state index in [1.807, 2.05) is 23.4 Å². The highest BCUT2D eigenvalue weighted by Crippen LogP contribution is 2.40. The lowest BCUT2D eigenvalue weighted by Gasteiger charge is -2.35. The normalized spacial score (nSPS) is 22.8. The standard InChI is InChI=1S/C30H33F3N4O3S/c31-30(32,33)22-5-7-23(8-6-22)40-18-20-2-1-15-37(17-20)19-41(38,39)24-9-3-21(4-10-24)25-11-13-34-27-16-36-29-26(28(25)27)12-14-35-29/h5-8,11-14,16,20-21,24H,1-4,9-10,15,17-19H2,(H,35,36). The third kappa shape index (κ3) is 6.06. The van der Waals surface area contributed by atoms with Crippen molar-refractivity contribution in [1.29, 1.82) is 0 Å². The van der Waals surface area contributed by atoms with E-state index in [1.54, 1.807) is 6.20 Å². The summed E-state index contributed by atoms with van der Waals surface area (Å²) in [7, 11) is -3.31. The number of hydrogen-bond donors (Lipinski definition) is 1. The number of piperidine rings is 1. The van der Waals surface area contributed by atoms with Gasteiger partial charge in [0.25, 0.3) is 0 Å². The molecule has 11 heteroatoms. The highest BCUT2D eigenvalue weighted by Gasteiger charge is 2.35. The van der Waals surface area contributed by atoms with Gasteiger partial charge in [-0.2, -0.15) is 13.2 Å². The van der Waals surface area contributed by atoms with Crippen molar-refractivity contribution in [2.75, 3.05) is 25.6 Å². The molecule has 1 aliphatic carbocycles. The van der Waals surface area contributed by atoms with Crippen LogP contribution in [-0.4, -0.2) is 59.1 Å². The van der Waals surface area contributed by atoms with E-state index >= 15 is 0 Å². The van der Waals surface area contributed by atoms with E-state index in [2.05, 4.69) is 21.0 Å². The number of likely N-dealkylation sites (tertiary alicyclic amines) is 1. The predicted molar refractivity (Wildman–Crippen MR) is 151 cm³/mol. The molecule has 218 valence electrons. The molecule has 1 aliphatic heterocycles. The number of nitrogens with one attached hydrogen (secondary N) is 1. The zero-order valence-electron chi connectivity index (χ0n) is 22.6. The van der Waals surface area contributed by atoms with Crippen LogP contribution in [0.4, 0.5) is 13.2 Å². The zero-order valence-corrected chi connectivity index (χ0v) is 23.4. The van der Waals surface area contributed by atoms with E-state index in [1.165, 1.54) is 17.7 Å². The van der Waals surface area contributed by atoms with Crippen molar-refractivity contribution in [3.63, 3.8) is 0 Å². The molecule has 4 heterocycles. The minimum absolute atomic E-state index is 0.0347. The molecule has 3 aromatic heterocycles. The van der Waals surface area contributed by atoms with E-state index in [0.717, 1.165) is 66.3 Å². The van der Waals surface area contributed by atoms with Crippen LogP contribution in [0.5, 0.6) is 5.75 Å². The molecular weight excluding hydrogens is 553 g/mol. The fourth-order valence-electron chi connectivity index (χ4n) is 6.47. The number of hydrogen-bond acceptors (Lipinski definition) is 6. The molecule has 2 aliphatic rings. The second kappa shape index (κ2) is 11.2. The Morgan fingerprint density at radius 2 is 1.78 bits per heavy atom. The van der Waals surface area contributed by atoms with Crippen molar-refractivity contribution in [3.8, 4) is 5.75 Å². The summed E-state index contributed by atoms with van der Waals surface area (Å²) < 4.78 is 71.1. The monoisotopic (exact) mass is 586 g/mol. The number of aromatic nitrogens is 3.